The fourth-order valence-corrected chi connectivity index (χ4v) is 2.99. The molecule has 0 saturated carbocycles. The number of benzene rings is 1. The van der Waals surface area contributed by atoms with Gasteiger partial charge in [-0.25, -0.2) is 4.98 Å². The monoisotopic (exact) mass is 351 g/mol. The summed E-state index contributed by atoms with van der Waals surface area (Å²) in [5, 5.41) is 1.08. The van der Waals surface area contributed by atoms with E-state index in [1.165, 1.54) is 0 Å². The minimum absolute atomic E-state index is 0.348. The molecule has 0 fully saturated rings. The van der Waals surface area contributed by atoms with Crippen molar-refractivity contribution < 1.29 is 9.47 Å². The van der Waals surface area contributed by atoms with E-state index < -0.39 is 0 Å². The van der Waals surface area contributed by atoms with E-state index in [0.29, 0.717) is 11.9 Å². The predicted molar refractivity (Wildman–Crippen MR) is 104 cm³/mol. The van der Waals surface area contributed by atoms with Gasteiger partial charge < -0.3 is 9.47 Å². The molecule has 5 nitrogen and oxygen atoms in total. The third-order valence-electron chi connectivity index (χ3n) is 4.66. The van der Waals surface area contributed by atoms with Gasteiger partial charge in [0.2, 0.25) is 5.88 Å². The van der Waals surface area contributed by atoms with Crippen molar-refractivity contribution in [2.24, 2.45) is 0 Å². The van der Waals surface area contributed by atoms with Crippen molar-refractivity contribution >= 4 is 10.9 Å². The van der Waals surface area contributed by atoms with Crippen LogP contribution in [0.4, 0.5) is 0 Å². The van der Waals surface area contributed by atoms with Crippen molar-refractivity contribution in [2.75, 3.05) is 21.3 Å². The van der Waals surface area contributed by atoms with E-state index in [0.717, 1.165) is 40.9 Å². The highest BCUT2D eigenvalue weighted by Gasteiger charge is 2.15. The van der Waals surface area contributed by atoms with Crippen molar-refractivity contribution in [3.63, 3.8) is 0 Å². The predicted octanol–water partition coefficient (Wildman–Crippen LogP) is 3.71. The van der Waals surface area contributed by atoms with Gasteiger partial charge in [-0.1, -0.05) is 6.07 Å². The van der Waals surface area contributed by atoms with Gasteiger partial charge >= 0.3 is 0 Å². The van der Waals surface area contributed by atoms with Gasteiger partial charge in [0.15, 0.2) is 0 Å². The molecule has 0 unspecified atom stereocenters. The van der Waals surface area contributed by atoms with Gasteiger partial charge in [-0.05, 0) is 44.3 Å². The number of methoxy groups -OCH3 is 2. The molecule has 5 heteroatoms. The molecule has 2 aromatic heterocycles. The number of fused-ring (bicyclic) bond motifs is 1. The summed E-state index contributed by atoms with van der Waals surface area (Å²) in [7, 11) is 5.44. The quantitative estimate of drug-likeness (QED) is 0.649. The molecule has 0 spiro atoms. The average molecular weight is 351 g/mol. The molecule has 1 aromatic carbocycles. The van der Waals surface area contributed by atoms with Gasteiger partial charge in [-0.3, -0.25) is 9.88 Å². The summed E-state index contributed by atoms with van der Waals surface area (Å²) in [5.74, 6) is 1.45. The van der Waals surface area contributed by atoms with E-state index in [9.17, 15) is 0 Å². The second kappa shape index (κ2) is 8.15. The number of rotatable bonds is 7. The molecule has 0 N–H and O–H groups in total. The molecule has 3 rings (SSSR count). The number of ether oxygens (including phenoxy) is 2. The molecule has 1 atom stereocenters. The molecule has 26 heavy (non-hydrogen) atoms. The molecule has 0 aliphatic heterocycles. The smallest absolute Gasteiger partial charge is 0.218 e. The Bertz CT molecular complexity index is 868. The van der Waals surface area contributed by atoms with E-state index in [4.69, 9.17) is 9.47 Å². The molecule has 0 radical (unpaired) electrons. The van der Waals surface area contributed by atoms with Crippen LogP contribution in [0, 0.1) is 0 Å². The normalized spacial score (nSPS) is 12.3. The molecule has 136 valence electrons. The zero-order chi connectivity index (χ0) is 18.5. The van der Waals surface area contributed by atoms with Crippen molar-refractivity contribution in [3.8, 4) is 11.6 Å². The minimum atomic E-state index is 0.348. The van der Waals surface area contributed by atoms with Crippen LogP contribution in [-0.2, 0) is 13.0 Å². The summed E-state index contributed by atoms with van der Waals surface area (Å²) in [6, 6.07) is 14.4. The Morgan fingerprint density at radius 1 is 1.08 bits per heavy atom. The van der Waals surface area contributed by atoms with Crippen molar-refractivity contribution in [2.45, 2.75) is 25.9 Å². The van der Waals surface area contributed by atoms with Gasteiger partial charge in [-0.2, -0.15) is 0 Å². The molecule has 3 aromatic rings. The van der Waals surface area contributed by atoms with Crippen molar-refractivity contribution in [1.82, 2.24) is 14.9 Å². The lowest BCUT2D eigenvalue weighted by Crippen LogP contribution is -2.30. The topological polar surface area (TPSA) is 47.5 Å². The Morgan fingerprint density at radius 2 is 1.92 bits per heavy atom. The Kier molecular flexibility index (Phi) is 5.68. The fraction of sp³-hybridized carbons (Fsp3) is 0.333. The zero-order valence-corrected chi connectivity index (χ0v) is 15.8. The third kappa shape index (κ3) is 4.11. The molecule has 0 bridgehead atoms. The summed E-state index contributed by atoms with van der Waals surface area (Å²) in [4.78, 5) is 11.4. The lowest BCUT2D eigenvalue weighted by molar-refractivity contribution is 0.242. The van der Waals surface area contributed by atoms with Crippen LogP contribution in [0.5, 0.6) is 11.6 Å². The Balaban J connectivity index is 1.80. The highest BCUT2D eigenvalue weighted by molar-refractivity contribution is 5.81. The van der Waals surface area contributed by atoms with E-state index in [1.807, 2.05) is 36.5 Å². The van der Waals surface area contributed by atoms with E-state index in [-0.39, 0.29) is 0 Å². The van der Waals surface area contributed by atoms with Crippen LogP contribution in [0.3, 0.4) is 0 Å². The van der Waals surface area contributed by atoms with Gasteiger partial charge in [0.05, 0.1) is 19.7 Å². The summed E-state index contributed by atoms with van der Waals surface area (Å²) in [6.07, 6.45) is 2.74. The van der Waals surface area contributed by atoms with Gasteiger partial charge in [-0.15, -0.1) is 0 Å². The largest absolute Gasteiger partial charge is 0.497 e. The molecule has 2 heterocycles. The Morgan fingerprint density at radius 3 is 2.62 bits per heavy atom. The summed E-state index contributed by atoms with van der Waals surface area (Å²) >= 11 is 0. The summed E-state index contributed by atoms with van der Waals surface area (Å²) in [6.45, 7) is 2.96. The minimum Gasteiger partial charge on any atom is -0.497 e. The lowest BCUT2D eigenvalue weighted by Gasteiger charge is -2.25. The number of likely N-dealkylation sites (N-methyl/N-ethyl adjacent to an activating group) is 1. The fourth-order valence-electron chi connectivity index (χ4n) is 2.99. The maximum Gasteiger partial charge on any atom is 0.218 e. The van der Waals surface area contributed by atoms with E-state index >= 15 is 0 Å². The number of pyridine rings is 2. The maximum atomic E-state index is 5.53. The van der Waals surface area contributed by atoms with E-state index in [2.05, 4.69) is 41.0 Å². The number of nitrogens with zero attached hydrogens (tertiary/aromatic N) is 3. The van der Waals surface area contributed by atoms with Crippen LogP contribution < -0.4 is 9.47 Å². The Hall–Kier alpha value is -2.66. The SMILES string of the molecule is COc1ccc2cc(CN(C)[C@H](C)Cc3ccccn3)c(OC)nc2c1. The Labute approximate surface area is 154 Å². The number of hydrogen-bond acceptors (Lipinski definition) is 5. The second-order valence-electron chi connectivity index (χ2n) is 6.50. The first kappa shape index (κ1) is 18.1. The molecular weight excluding hydrogens is 326 g/mol. The van der Waals surface area contributed by atoms with Gasteiger partial charge in [0, 0.05) is 47.9 Å². The van der Waals surface area contributed by atoms with Crippen LogP contribution in [0.1, 0.15) is 18.2 Å². The average Bonchev–Trinajstić information content (AvgIpc) is 2.67. The summed E-state index contributed by atoms with van der Waals surface area (Å²) < 4.78 is 10.8. The molecule has 0 amide bonds. The van der Waals surface area contributed by atoms with E-state index in [1.54, 1.807) is 14.2 Å². The highest BCUT2D eigenvalue weighted by atomic mass is 16.5. The molecule has 0 aliphatic rings. The molecular formula is C21H25N3O2. The lowest BCUT2D eigenvalue weighted by atomic mass is 10.1. The highest BCUT2D eigenvalue weighted by Crippen LogP contribution is 2.26. The molecule has 0 saturated heterocycles. The van der Waals surface area contributed by atoms with Crippen molar-refractivity contribution in [1.29, 1.82) is 0 Å². The van der Waals surface area contributed by atoms with Crippen LogP contribution in [0.15, 0.2) is 48.7 Å². The van der Waals surface area contributed by atoms with Crippen LogP contribution >= 0.6 is 0 Å². The first-order valence-corrected chi connectivity index (χ1v) is 8.72. The van der Waals surface area contributed by atoms with Crippen LogP contribution in [0.25, 0.3) is 10.9 Å². The van der Waals surface area contributed by atoms with Crippen LogP contribution in [-0.4, -0.2) is 42.2 Å². The van der Waals surface area contributed by atoms with Gasteiger partial charge in [0.25, 0.3) is 0 Å². The number of hydrogen-bond donors (Lipinski definition) is 0. The second-order valence-corrected chi connectivity index (χ2v) is 6.50. The first-order valence-electron chi connectivity index (χ1n) is 8.72. The zero-order valence-electron chi connectivity index (χ0n) is 15.8. The van der Waals surface area contributed by atoms with Crippen molar-refractivity contribution in [3.05, 3.63) is 59.9 Å². The third-order valence-corrected chi connectivity index (χ3v) is 4.66. The van der Waals surface area contributed by atoms with Gasteiger partial charge in [0.1, 0.15) is 5.75 Å². The molecule has 0 aliphatic carbocycles. The number of aromatic nitrogens is 2. The van der Waals surface area contributed by atoms with Crippen LogP contribution in [0.2, 0.25) is 0 Å². The maximum absolute atomic E-state index is 5.53. The summed E-state index contributed by atoms with van der Waals surface area (Å²) in [5.41, 5.74) is 3.04. The first-order chi connectivity index (χ1) is 12.6. The standard InChI is InChI=1S/C21H25N3O2/c1-15(11-18-7-5-6-10-22-18)24(2)14-17-12-16-8-9-19(25-3)13-20(16)23-21(17)26-4/h5-10,12-13,15H,11,14H2,1-4H3/t15-/m1/s1.